The first-order valence-electron chi connectivity index (χ1n) is 20.7. The van der Waals surface area contributed by atoms with Gasteiger partial charge in [0.1, 0.15) is 43.7 Å². The Balaban J connectivity index is 1.41. The summed E-state index contributed by atoms with van der Waals surface area (Å²) >= 11 is 6.07. The summed E-state index contributed by atoms with van der Waals surface area (Å²) in [5.74, 6) is -0.313. The Labute approximate surface area is 355 Å². The number of rotatable bonds is 20. The quantitative estimate of drug-likeness (QED) is 0.0495. The van der Waals surface area contributed by atoms with Gasteiger partial charge in [0.05, 0.1) is 24.1 Å². The number of alkyl halides is 1. The highest BCUT2D eigenvalue weighted by molar-refractivity contribution is 6.18. The number of hydrogen-bond acceptors (Lipinski definition) is 11. The molecule has 6 atom stereocenters. The molecule has 2 heterocycles. The molecule has 14 heteroatoms. The Morgan fingerprint density at radius 3 is 2.58 bits per heavy atom. The third-order valence-corrected chi connectivity index (χ3v) is 12.1. The zero-order valence-corrected chi connectivity index (χ0v) is 34.7. The smallest absolute Gasteiger partial charge is 0.410 e. The predicted molar refractivity (Wildman–Crippen MR) is 223 cm³/mol. The van der Waals surface area contributed by atoms with E-state index in [4.69, 9.17) is 44.9 Å². The molecule has 7 rings (SSSR count). The van der Waals surface area contributed by atoms with Gasteiger partial charge in [0, 0.05) is 43.2 Å². The van der Waals surface area contributed by atoms with Gasteiger partial charge in [-0.05, 0) is 85.1 Å². The summed E-state index contributed by atoms with van der Waals surface area (Å²) in [7, 11) is 1.50. The number of carbonyl (C=O) groups is 1. The molecular formula is C46H54ClFN2O10. The monoisotopic (exact) mass is 848 g/mol. The molecule has 3 aromatic rings. The molecule has 1 amide bonds. The molecule has 3 aromatic carbocycles. The lowest BCUT2D eigenvalue weighted by Gasteiger charge is -2.59. The normalized spacial score (nSPS) is 24.1. The largest absolute Gasteiger partial charge is 0.489 e. The third-order valence-electron chi connectivity index (χ3n) is 11.9. The number of allylic oxidation sites excluding steroid dienone is 1. The summed E-state index contributed by atoms with van der Waals surface area (Å²) < 4.78 is 52.4. The van der Waals surface area contributed by atoms with Crippen LogP contribution in [-0.4, -0.2) is 85.0 Å². The summed E-state index contributed by atoms with van der Waals surface area (Å²) in [5, 5.41) is 24.4. The molecule has 0 saturated heterocycles. The Hall–Kier alpha value is -4.82. The number of aliphatic hydroxyl groups excluding tert-OH is 2. The van der Waals surface area contributed by atoms with Crippen molar-refractivity contribution in [2.45, 2.75) is 75.8 Å². The maximum Gasteiger partial charge on any atom is 0.410 e. The second kappa shape index (κ2) is 20.2. The van der Waals surface area contributed by atoms with Crippen LogP contribution in [0.4, 0.5) is 9.18 Å². The molecule has 1 saturated carbocycles. The summed E-state index contributed by atoms with van der Waals surface area (Å²) in [6.07, 6.45) is 7.86. The summed E-state index contributed by atoms with van der Waals surface area (Å²) in [6, 6.07) is 16.8. The van der Waals surface area contributed by atoms with Crippen molar-refractivity contribution in [3.05, 3.63) is 107 Å². The zero-order chi connectivity index (χ0) is 42.1. The minimum absolute atomic E-state index is 0.00628. The van der Waals surface area contributed by atoms with Gasteiger partial charge in [0.2, 0.25) is 12.6 Å². The van der Waals surface area contributed by atoms with Crippen LogP contribution in [0, 0.1) is 23.6 Å². The average Bonchev–Trinajstić information content (AvgIpc) is 3.73. The number of oxime groups is 1. The number of fused-ring (bicyclic) bond motifs is 3. The Morgan fingerprint density at radius 1 is 1.03 bits per heavy atom. The van der Waals surface area contributed by atoms with Gasteiger partial charge in [-0.25, -0.2) is 9.18 Å². The maximum atomic E-state index is 14.7. The van der Waals surface area contributed by atoms with Crippen molar-refractivity contribution in [2.75, 3.05) is 46.2 Å². The molecule has 60 heavy (non-hydrogen) atoms. The van der Waals surface area contributed by atoms with Crippen molar-refractivity contribution in [1.29, 1.82) is 0 Å². The van der Waals surface area contributed by atoms with Crippen LogP contribution in [0.3, 0.4) is 0 Å². The lowest BCUT2D eigenvalue weighted by atomic mass is 9.55. The molecule has 0 spiro atoms. The molecule has 0 aromatic heterocycles. The third kappa shape index (κ3) is 9.09. The second-order valence-electron chi connectivity index (χ2n) is 15.5. The van der Waals surface area contributed by atoms with E-state index >= 15 is 0 Å². The summed E-state index contributed by atoms with van der Waals surface area (Å²) in [4.78, 5) is 21.6. The van der Waals surface area contributed by atoms with Gasteiger partial charge in [0.15, 0.2) is 11.5 Å². The number of aliphatic hydroxyl groups is 2. The highest BCUT2D eigenvalue weighted by Crippen LogP contribution is 2.62. The lowest BCUT2D eigenvalue weighted by molar-refractivity contribution is -0.256. The summed E-state index contributed by atoms with van der Waals surface area (Å²) in [6.45, 7) is 4.41. The molecular weight excluding hydrogens is 795 g/mol. The van der Waals surface area contributed by atoms with Crippen molar-refractivity contribution in [3.63, 3.8) is 0 Å². The fraction of sp³-hybridized carbons (Fsp3) is 0.478. The second-order valence-corrected chi connectivity index (χ2v) is 15.8. The van der Waals surface area contributed by atoms with E-state index in [0.717, 1.165) is 42.4 Å². The topological polar surface area (TPSA) is 138 Å². The van der Waals surface area contributed by atoms with E-state index in [0.29, 0.717) is 47.1 Å². The van der Waals surface area contributed by atoms with Crippen molar-refractivity contribution in [1.82, 2.24) is 4.90 Å². The summed E-state index contributed by atoms with van der Waals surface area (Å²) in [5.41, 5.74) is 3.58. The van der Waals surface area contributed by atoms with Gasteiger partial charge in [-0.3, -0.25) is 4.90 Å². The van der Waals surface area contributed by atoms with Crippen LogP contribution in [-0.2, 0) is 27.5 Å². The van der Waals surface area contributed by atoms with Crippen LogP contribution in [0.1, 0.15) is 67.6 Å². The van der Waals surface area contributed by atoms with E-state index in [2.05, 4.69) is 17.8 Å². The van der Waals surface area contributed by atoms with E-state index in [-0.39, 0.29) is 82.2 Å². The van der Waals surface area contributed by atoms with E-state index < -0.39 is 23.8 Å². The average molecular weight is 849 g/mol. The molecule has 4 aliphatic rings. The minimum Gasteiger partial charge on any atom is -0.489 e. The Kier molecular flexibility index (Phi) is 14.5. The lowest BCUT2D eigenvalue weighted by Crippen LogP contribution is -2.70. The molecule has 322 valence electrons. The fourth-order valence-corrected chi connectivity index (χ4v) is 9.45. The van der Waals surface area contributed by atoms with Gasteiger partial charge >= 0.3 is 6.09 Å². The van der Waals surface area contributed by atoms with E-state index in [9.17, 15) is 19.4 Å². The van der Waals surface area contributed by atoms with Crippen LogP contribution in [0.15, 0.2) is 90.1 Å². The molecule has 12 nitrogen and oxygen atoms in total. The molecule has 2 aliphatic carbocycles. The van der Waals surface area contributed by atoms with Crippen LogP contribution in [0.5, 0.6) is 23.0 Å². The standard InChI is InChI=1S/C46H54ClFN2O10/c1-3-21-59-46-42(50(45(53)55-22-18-47)27-30-14-16-40-41(23-30)58-29-57-40)26-38(49-54-2)35-24-31(10-6-8-19-51)34(12-7-9-20-52)43(44(35)46)36-25-33(15-17-39(36)60-46)56-28-32-11-4-5-13-37(32)48/h3-5,11,13-17,23-25,31,34,42-44,51-52H,1,6-10,12,18-22,26-29H2,2H3. The number of nitrogens with zero attached hydrogens (tertiary/aromatic N) is 2. The fourth-order valence-electron chi connectivity index (χ4n) is 9.37. The molecule has 2 N–H and O–H groups in total. The SMILES string of the molecule is C=CCOC12Oc3ccc(OCc4ccccc4F)cc3C3C(CCCCO)C(CCCCO)C=C(C(=NOC)CC1N(Cc1ccc4c(c1)OCO4)C(=O)OCCCl)C32. The number of halogens is 2. The Bertz CT molecular complexity index is 2030. The molecule has 6 unspecified atom stereocenters. The van der Waals surface area contributed by atoms with E-state index in [1.807, 2.05) is 30.3 Å². The van der Waals surface area contributed by atoms with Crippen molar-refractivity contribution in [3.8, 4) is 23.0 Å². The highest BCUT2D eigenvalue weighted by atomic mass is 35.5. The molecule has 2 aliphatic heterocycles. The van der Waals surface area contributed by atoms with Crippen LogP contribution in [0.2, 0.25) is 0 Å². The van der Waals surface area contributed by atoms with Crippen LogP contribution in [0.25, 0.3) is 0 Å². The van der Waals surface area contributed by atoms with E-state index in [1.165, 1.54) is 13.2 Å². The number of benzene rings is 3. The van der Waals surface area contributed by atoms with Crippen LogP contribution >= 0.6 is 11.6 Å². The van der Waals surface area contributed by atoms with Gasteiger partial charge in [-0.2, -0.15) is 0 Å². The van der Waals surface area contributed by atoms with Gasteiger partial charge < -0.3 is 43.5 Å². The van der Waals surface area contributed by atoms with E-state index in [1.54, 1.807) is 35.2 Å². The number of hydrogen-bond donors (Lipinski definition) is 2. The van der Waals surface area contributed by atoms with Gasteiger partial charge in [0.25, 0.3) is 0 Å². The predicted octanol–water partition coefficient (Wildman–Crippen LogP) is 8.27. The number of unbranched alkanes of at least 4 members (excludes halogenated alkanes) is 2. The van der Waals surface area contributed by atoms with Crippen molar-refractivity contribution < 1.29 is 52.7 Å². The molecule has 0 radical (unpaired) electrons. The van der Waals surface area contributed by atoms with Crippen LogP contribution < -0.4 is 18.9 Å². The minimum atomic E-state index is -1.51. The van der Waals surface area contributed by atoms with Gasteiger partial charge in [-0.1, -0.05) is 54.4 Å². The number of carbonyl (C=O) groups excluding carboxylic acids is 1. The zero-order valence-electron chi connectivity index (χ0n) is 33.9. The molecule has 1 fully saturated rings. The van der Waals surface area contributed by atoms with Gasteiger partial charge in [-0.15, -0.1) is 18.2 Å². The first-order chi connectivity index (χ1) is 29.3. The first kappa shape index (κ1) is 43.3. The maximum absolute atomic E-state index is 14.7. The Morgan fingerprint density at radius 2 is 1.82 bits per heavy atom. The first-order valence-corrected chi connectivity index (χ1v) is 21.2. The number of ether oxygens (including phenoxy) is 6. The highest BCUT2D eigenvalue weighted by Gasteiger charge is 2.65. The molecule has 0 bridgehead atoms. The van der Waals surface area contributed by atoms with Crippen molar-refractivity contribution in [2.24, 2.45) is 22.9 Å². The van der Waals surface area contributed by atoms with Crippen molar-refractivity contribution >= 4 is 23.4 Å². The number of amides is 1.